The number of nitrogens with one attached hydrogen (secondary N) is 1. The fourth-order valence-corrected chi connectivity index (χ4v) is 2.72. The highest BCUT2D eigenvalue weighted by atomic mass is 32.2. The molecule has 2 rings (SSSR count). The third-order valence-corrected chi connectivity index (χ3v) is 4.59. The molecule has 1 atom stereocenters. The van der Waals surface area contributed by atoms with Gasteiger partial charge in [-0.2, -0.15) is 0 Å². The molecule has 0 bridgehead atoms. The number of carbonyl (C=O) groups is 2. The van der Waals surface area contributed by atoms with Crippen LogP contribution >= 0.6 is 11.8 Å². The van der Waals surface area contributed by atoms with Crippen LogP contribution in [0.2, 0.25) is 0 Å². The molecule has 0 aliphatic rings. The average molecular weight is 388 g/mol. The van der Waals surface area contributed by atoms with Crippen LogP contribution in [-0.4, -0.2) is 29.2 Å². The Morgan fingerprint density at radius 3 is 2.48 bits per heavy atom. The van der Waals surface area contributed by atoms with E-state index in [0.29, 0.717) is 11.4 Å². The number of nitro benzene ring substituents is 1. The van der Waals surface area contributed by atoms with Crippen LogP contribution in [0.15, 0.2) is 47.4 Å². The molecule has 0 aliphatic carbocycles. The van der Waals surface area contributed by atoms with Crippen LogP contribution in [0.3, 0.4) is 0 Å². The molecule has 0 spiro atoms. The molecule has 0 aromatic heterocycles. The lowest BCUT2D eigenvalue weighted by molar-refractivity contribution is -0.385. The highest BCUT2D eigenvalue weighted by molar-refractivity contribution is 7.98. The predicted molar refractivity (Wildman–Crippen MR) is 103 cm³/mol. The molecule has 2 aromatic carbocycles. The van der Waals surface area contributed by atoms with Gasteiger partial charge in [-0.05, 0) is 37.8 Å². The molecule has 2 aromatic rings. The summed E-state index contributed by atoms with van der Waals surface area (Å²) in [6.07, 6.45) is 0.706. The van der Waals surface area contributed by atoms with Crippen molar-refractivity contribution in [3.05, 3.63) is 69.3 Å². The van der Waals surface area contributed by atoms with E-state index < -0.39 is 22.9 Å². The number of ether oxygens (including phenoxy) is 1. The second-order valence-electron chi connectivity index (χ2n) is 5.89. The van der Waals surface area contributed by atoms with E-state index in [-0.39, 0.29) is 11.3 Å². The van der Waals surface area contributed by atoms with Gasteiger partial charge in [0.25, 0.3) is 11.6 Å². The van der Waals surface area contributed by atoms with Crippen molar-refractivity contribution in [3.8, 4) is 0 Å². The normalized spacial score (nSPS) is 11.5. The van der Waals surface area contributed by atoms with E-state index in [1.165, 1.54) is 30.8 Å². The lowest BCUT2D eigenvalue weighted by atomic mass is 10.1. The number of nitro groups is 1. The van der Waals surface area contributed by atoms with E-state index in [4.69, 9.17) is 4.74 Å². The Morgan fingerprint density at radius 1 is 1.22 bits per heavy atom. The maximum Gasteiger partial charge on any atom is 0.345 e. The number of rotatable bonds is 7. The van der Waals surface area contributed by atoms with E-state index in [1.807, 2.05) is 31.2 Å². The first-order valence-corrected chi connectivity index (χ1v) is 9.41. The fraction of sp³-hybridized carbons (Fsp3) is 0.263. The smallest absolute Gasteiger partial charge is 0.345 e. The molecule has 27 heavy (non-hydrogen) atoms. The summed E-state index contributed by atoms with van der Waals surface area (Å²) in [6.45, 7) is 3.69. The zero-order valence-electron chi connectivity index (χ0n) is 15.2. The van der Waals surface area contributed by atoms with Gasteiger partial charge in [0, 0.05) is 17.5 Å². The highest BCUT2D eigenvalue weighted by Gasteiger charge is 2.25. The van der Waals surface area contributed by atoms with Crippen molar-refractivity contribution in [2.45, 2.75) is 31.4 Å². The van der Waals surface area contributed by atoms with Crippen molar-refractivity contribution < 1.29 is 19.2 Å². The Kier molecular flexibility index (Phi) is 6.95. The lowest BCUT2D eigenvalue weighted by Crippen LogP contribution is -2.35. The van der Waals surface area contributed by atoms with Gasteiger partial charge in [0.15, 0.2) is 6.10 Å². The summed E-state index contributed by atoms with van der Waals surface area (Å²) in [5, 5.41) is 13.8. The minimum atomic E-state index is -1.08. The van der Waals surface area contributed by atoms with Gasteiger partial charge in [0.05, 0.1) is 4.92 Å². The molecule has 0 aliphatic heterocycles. The summed E-state index contributed by atoms with van der Waals surface area (Å²) in [5.74, 6) is -1.39. The number of carbonyl (C=O) groups excluding carboxylic acids is 2. The molecule has 0 saturated carbocycles. The van der Waals surface area contributed by atoms with Crippen LogP contribution in [0, 0.1) is 17.0 Å². The molecule has 1 amide bonds. The van der Waals surface area contributed by atoms with Crippen LogP contribution in [0.1, 0.15) is 28.4 Å². The van der Waals surface area contributed by atoms with Gasteiger partial charge < -0.3 is 10.1 Å². The first-order valence-electron chi connectivity index (χ1n) is 8.18. The molecule has 0 radical (unpaired) electrons. The first kappa shape index (κ1) is 20.4. The number of hydrogen-bond acceptors (Lipinski definition) is 6. The predicted octanol–water partition coefficient (Wildman–Crippen LogP) is 3.49. The molecule has 7 nitrogen and oxygen atoms in total. The molecule has 0 saturated heterocycles. The molecule has 142 valence electrons. The zero-order valence-corrected chi connectivity index (χ0v) is 16.0. The minimum Gasteiger partial charge on any atom is -0.449 e. The molecule has 0 heterocycles. The second kappa shape index (κ2) is 9.18. The lowest BCUT2D eigenvalue weighted by Gasteiger charge is -2.14. The van der Waals surface area contributed by atoms with Crippen molar-refractivity contribution in [1.82, 2.24) is 5.32 Å². The number of amides is 1. The number of thioether (sulfide) groups is 1. The van der Waals surface area contributed by atoms with Crippen molar-refractivity contribution in [3.63, 3.8) is 0 Å². The third-order valence-electron chi connectivity index (χ3n) is 3.86. The van der Waals surface area contributed by atoms with Crippen LogP contribution in [0.25, 0.3) is 0 Å². The topological polar surface area (TPSA) is 98.5 Å². The van der Waals surface area contributed by atoms with Crippen LogP contribution in [-0.2, 0) is 16.1 Å². The van der Waals surface area contributed by atoms with Gasteiger partial charge in [0.2, 0.25) is 0 Å². The number of hydrogen-bond donors (Lipinski definition) is 1. The van der Waals surface area contributed by atoms with Gasteiger partial charge in [-0.25, -0.2) is 4.79 Å². The van der Waals surface area contributed by atoms with Crippen molar-refractivity contribution in [2.24, 2.45) is 0 Å². The van der Waals surface area contributed by atoms with Crippen molar-refractivity contribution in [1.29, 1.82) is 0 Å². The average Bonchev–Trinajstić information content (AvgIpc) is 2.66. The van der Waals surface area contributed by atoms with E-state index >= 15 is 0 Å². The molecule has 0 fully saturated rings. The third kappa shape index (κ3) is 5.55. The number of aryl methyl sites for hydroxylation is 1. The highest BCUT2D eigenvalue weighted by Crippen LogP contribution is 2.25. The van der Waals surface area contributed by atoms with Crippen LogP contribution in [0.4, 0.5) is 5.69 Å². The Morgan fingerprint density at radius 2 is 1.89 bits per heavy atom. The van der Waals surface area contributed by atoms with E-state index in [0.717, 1.165) is 11.1 Å². The number of esters is 1. The summed E-state index contributed by atoms with van der Waals surface area (Å²) in [4.78, 5) is 35.7. The molecule has 1 N–H and O–H groups in total. The second-order valence-corrected chi connectivity index (χ2v) is 6.77. The largest absolute Gasteiger partial charge is 0.449 e. The number of benzene rings is 2. The van der Waals surface area contributed by atoms with Gasteiger partial charge in [-0.1, -0.05) is 29.8 Å². The molecule has 8 heteroatoms. The van der Waals surface area contributed by atoms with Crippen molar-refractivity contribution >= 4 is 29.3 Å². The Bertz CT molecular complexity index is 852. The Balaban J connectivity index is 2.02. The van der Waals surface area contributed by atoms with Crippen molar-refractivity contribution in [2.75, 3.05) is 6.26 Å². The zero-order chi connectivity index (χ0) is 20.0. The van der Waals surface area contributed by atoms with E-state index in [1.54, 1.807) is 12.3 Å². The standard InChI is InChI=1S/C19H20N2O5S/c1-12-4-6-14(7-5-12)11-20-18(22)13(2)26-19(23)16-10-15(27-3)8-9-17(16)21(24)25/h4-10,13H,11H2,1-3H3,(H,20,22). The maximum atomic E-state index is 12.3. The maximum absolute atomic E-state index is 12.3. The molecular weight excluding hydrogens is 368 g/mol. The Hall–Kier alpha value is -2.87. The van der Waals surface area contributed by atoms with Gasteiger partial charge in [-0.3, -0.25) is 14.9 Å². The van der Waals surface area contributed by atoms with E-state index in [9.17, 15) is 19.7 Å². The summed E-state index contributed by atoms with van der Waals surface area (Å²) in [6, 6.07) is 11.8. The van der Waals surface area contributed by atoms with E-state index in [2.05, 4.69) is 5.32 Å². The quantitative estimate of drug-likeness (QED) is 0.337. The van der Waals surface area contributed by atoms with Gasteiger partial charge in [0.1, 0.15) is 5.56 Å². The van der Waals surface area contributed by atoms with Gasteiger partial charge >= 0.3 is 5.97 Å². The number of nitrogens with zero attached hydrogens (tertiary/aromatic N) is 1. The van der Waals surface area contributed by atoms with Gasteiger partial charge in [-0.15, -0.1) is 11.8 Å². The fourth-order valence-electron chi connectivity index (χ4n) is 2.28. The summed E-state index contributed by atoms with van der Waals surface area (Å²) in [7, 11) is 0. The first-order chi connectivity index (χ1) is 12.8. The summed E-state index contributed by atoms with van der Waals surface area (Å²) < 4.78 is 5.13. The summed E-state index contributed by atoms with van der Waals surface area (Å²) in [5.41, 5.74) is 1.49. The van der Waals surface area contributed by atoms with Crippen LogP contribution in [0.5, 0.6) is 0 Å². The molecular formula is C19H20N2O5S. The van der Waals surface area contributed by atoms with Crippen LogP contribution < -0.4 is 5.32 Å². The SMILES string of the molecule is CSc1ccc([N+](=O)[O-])c(C(=O)OC(C)C(=O)NCc2ccc(C)cc2)c1. The Labute approximate surface area is 161 Å². The summed E-state index contributed by atoms with van der Waals surface area (Å²) >= 11 is 1.34. The monoisotopic (exact) mass is 388 g/mol. The minimum absolute atomic E-state index is 0.176. The molecule has 1 unspecified atom stereocenters.